The maximum absolute atomic E-state index is 12.6. The van der Waals surface area contributed by atoms with Crippen molar-refractivity contribution in [2.75, 3.05) is 4.72 Å². The van der Waals surface area contributed by atoms with Crippen molar-refractivity contribution >= 4 is 15.8 Å². The fourth-order valence-electron chi connectivity index (χ4n) is 2.46. The van der Waals surface area contributed by atoms with Crippen LogP contribution in [0.3, 0.4) is 0 Å². The van der Waals surface area contributed by atoms with Gasteiger partial charge in [-0.05, 0) is 36.6 Å². The SMILES string of the molecule is Cc1ccc(C)c(S(=O)(=O)Nc2ccn(Cc3ccccc3)n2)c1. The fraction of sp³-hybridized carbons (Fsp3) is 0.167. The molecule has 0 spiro atoms. The molecule has 5 nitrogen and oxygen atoms in total. The van der Waals surface area contributed by atoms with Crippen LogP contribution in [0.5, 0.6) is 0 Å². The van der Waals surface area contributed by atoms with Gasteiger partial charge in [0.15, 0.2) is 5.82 Å². The summed E-state index contributed by atoms with van der Waals surface area (Å²) in [6.07, 6.45) is 1.76. The highest BCUT2D eigenvalue weighted by molar-refractivity contribution is 7.92. The van der Waals surface area contributed by atoms with E-state index in [1.54, 1.807) is 36.0 Å². The van der Waals surface area contributed by atoms with Gasteiger partial charge in [0.05, 0.1) is 11.4 Å². The van der Waals surface area contributed by atoms with E-state index in [2.05, 4.69) is 9.82 Å². The van der Waals surface area contributed by atoms with Crippen LogP contribution < -0.4 is 4.72 Å². The molecule has 1 N–H and O–H groups in total. The molecule has 0 aliphatic heterocycles. The molecule has 0 fully saturated rings. The zero-order valence-corrected chi connectivity index (χ0v) is 14.4. The monoisotopic (exact) mass is 341 g/mol. The highest BCUT2D eigenvalue weighted by Crippen LogP contribution is 2.19. The van der Waals surface area contributed by atoms with Gasteiger partial charge in [-0.2, -0.15) is 5.10 Å². The Kier molecular flexibility index (Phi) is 4.40. The molecule has 124 valence electrons. The van der Waals surface area contributed by atoms with Crippen LogP contribution in [0.1, 0.15) is 16.7 Å². The molecule has 0 unspecified atom stereocenters. The molecule has 6 heteroatoms. The fourth-order valence-corrected chi connectivity index (χ4v) is 3.79. The van der Waals surface area contributed by atoms with Crippen LogP contribution >= 0.6 is 0 Å². The summed E-state index contributed by atoms with van der Waals surface area (Å²) in [5.74, 6) is 0.312. The van der Waals surface area contributed by atoms with Gasteiger partial charge in [0.25, 0.3) is 10.0 Å². The van der Waals surface area contributed by atoms with E-state index < -0.39 is 10.0 Å². The van der Waals surface area contributed by atoms with E-state index in [1.165, 1.54) is 0 Å². The topological polar surface area (TPSA) is 64.0 Å². The van der Waals surface area contributed by atoms with Crippen molar-refractivity contribution in [3.63, 3.8) is 0 Å². The highest BCUT2D eigenvalue weighted by atomic mass is 32.2. The number of anilines is 1. The first kappa shape index (κ1) is 16.3. The Morgan fingerprint density at radius 3 is 2.54 bits per heavy atom. The van der Waals surface area contributed by atoms with E-state index in [1.807, 2.05) is 43.3 Å². The maximum atomic E-state index is 12.6. The maximum Gasteiger partial charge on any atom is 0.263 e. The Morgan fingerprint density at radius 2 is 1.79 bits per heavy atom. The number of sulfonamides is 1. The molecule has 3 rings (SSSR count). The van der Waals surface area contributed by atoms with Gasteiger partial charge < -0.3 is 0 Å². The second-order valence-corrected chi connectivity index (χ2v) is 7.41. The predicted molar refractivity (Wildman–Crippen MR) is 94.5 cm³/mol. The summed E-state index contributed by atoms with van der Waals surface area (Å²) in [5, 5.41) is 4.29. The number of nitrogens with zero attached hydrogens (tertiary/aromatic N) is 2. The minimum absolute atomic E-state index is 0.278. The van der Waals surface area contributed by atoms with Crippen LogP contribution in [-0.4, -0.2) is 18.2 Å². The van der Waals surface area contributed by atoms with E-state index >= 15 is 0 Å². The van der Waals surface area contributed by atoms with Gasteiger partial charge in [0.2, 0.25) is 0 Å². The minimum Gasteiger partial charge on any atom is -0.266 e. The molecule has 0 bridgehead atoms. The zero-order valence-electron chi connectivity index (χ0n) is 13.6. The summed E-state index contributed by atoms with van der Waals surface area (Å²) in [6.45, 7) is 4.24. The van der Waals surface area contributed by atoms with Crippen LogP contribution in [0.15, 0.2) is 65.7 Å². The number of aryl methyl sites for hydroxylation is 2. The molecule has 0 saturated carbocycles. The standard InChI is InChI=1S/C18H19N3O2S/c1-14-8-9-15(2)17(12-14)24(22,23)20-18-10-11-21(19-18)13-16-6-4-3-5-7-16/h3-12H,13H2,1-2H3,(H,19,20). The summed E-state index contributed by atoms with van der Waals surface area (Å²) in [5.41, 5.74) is 2.71. The van der Waals surface area contributed by atoms with Gasteiger partial charge in [-0.25, -0.2) is 8.42 Å². The van der Waals surface area contributed by atoms with E-state index in [0.29, 0.717) is 17.9 Å². The third-order valence-corrected chi connectivity index (χ3v) is 5.20. The largest absolute Gasteiger partial charge is 0.266 e. The van der Waals surface area contributed by atoms with E-state index in [9.17, 15) is 8.42 Å². The molecule has 0 radical (unpaired) electrons. The number of nitrogens with one attached hydrogen (secondary N) is 1. The van der Waals surface area contributed by atoms with Crippen molar-refractivity contribution in [1.29, 1.82) is 0 Å². The van der Waals surface area contributed by atoms with E-state index in [-0.39, 0.29) is 4.90 Å². The Bertz CT molecular complexity index is 947. The van der Waals surface area contributed by atoms with E-state index in [4.69, 9.17) is 0 Å². The molecular weight excluding hydrogens is 322 g/mol. The van der Waals surface area contributed by atoms with Crippen molar-refractivity contribution in [1.82, 2.24) is 9.78 Å². The summed E-state index contributed by atoms with van der Waals surface area (Å²) >= 11 is 0. The summed E-state index contributed by atoms with van der Waals surface area (Å²) in [6, 6.07) is 16.9. The Labute approximate surface area is 142 Å². The summed E-state index contributed by atoms with van der Waals surface area (Å²) < 4.78 is 29.4. The average molecular weight is 341 g/mol. The van der Waals surface area contributed by atoms with Gasteiger partial charge >= 0.3 is 0 Å². The normalized spacial score (nSPS) is 11.4. The lowest BCUT2D eigenvalue weighted by atomic mass is 10.2. The lowest BCUT2D eigenvalue weighted by Crippen LogP contribution is -2.15. The van der Waals surface area contributed by atoms with E-state index in [0.717, 1.165) is 11.1 Å². The third-order valence-electron chi connectivity index (χ3n) is 3.70. The van der Waals surface area contributed by atoms with Crippen molar-refractivity contribution in [3.05, 3.63) is 77.5 Å². The highest BCUT2D eigenvalue weighted by Gasteiger charge is 2.18. The molecule has 24 heavy (non-hydrogen) atoms. The number of benzene rings is 2. The van der Waals surface area contributed by atoms with Gasteiger partial charge in [0, 0.05) is 12.3 Å². The Balaban J connectivity index is 1.80. The van der Waals surface area contributed by atoms with Crippen LogP contribution in [-0.2, 0) is 16.6 Å². The molecular formula is C18H19N3O2S. The molecule has 1 aromatic heterocycles. The van der Waals surface area contributed by atoms with Crippen molar-refractivity contribution in [3.8, 4) is 0 Å². The zero-order chi connectivity index (χ0) is 17.2. The molecule has 0 aliphatic carbocycles. The van der Waals surface area contributed by atoms with Gasteiger partial charge in [-0.15, -0.1) is 0 Å². The van der Waals surface area contributed by atoms with Gasteiger partial charge in [-0.1, -0.05) is 42.5 Å². The van der Waals surface area contributed by atoms with Crippen LogP contribution in [0.25, 0.3) is 0 Å². The lowest BCUT2D eigenvalue weighted by Gasteiger charge is -2.09. The minimum atomic E-state index is -3.65. The molecule has 0 saturated heterocycles. The van der Waals surface area contributed by atoms with Crippen LogP contribution in [0.2, 0.25) is 0 Å². The third kappa shape index (κ3) is 3.65. The second kappa shape index (κ2) is 6.49. The average Bonchev–Trinajstić information content (AvgIpc) is 2.97. The first-order chi connectivity index (χ1) is 11.4. The van der Waals surface area contributed by atoms with Gasteiger partial charge in [-0.3, -0.25) is 9.40 Å². The molecule has 0 atom stereocenters. The Morgan fingerprint density at radius 1 is 1.04 bits per heavy atom. The van der Waals surface area contributed by atoms with Crippen molar-refractivity contribution in [2.24, 2.45) is 0 Å². The molecule has 2 aromatic carbocycles. The predicted octanol–water partition coefficient (Wildman–Crippen LogP) is 3.35. The number of aromatic nitrogens is 2. The molecule has 0 amide bonds. The molecule has 0 aliphatic rings. The first-order valence-electron chi connectivity index (χ1n) is 7.61. The van der Waals surface area contributed by atoms with Crippen LogP contribution in [0.4, 0.5) is 5.82 Å². The van der Waals surface area contributed by atoms with Crippen molar-refractivity contribution < 1.29 is 8.42 Å². The Hall–Kier alpha value is -2.60. The lowest BCUT2D eigenvalue weighted by molar-refractivity contribution is 0.600. The second-order valence-electron chi connectivity index (χ2n) is 5.76. The first-order valence-corrected chi connectivity index (χ1v) is 9.10. The van der Waals surface area contributed by atoms with Gasteiger partial charge in [0.1, 0.15) is 0 Å². The smallest absolute Gasteiger partial charge is 0.263 e. The number of hydrogen-bond acceptors (Lipinski definition) is 3. The quantitative estimate of drug-likeness (QED) is 0.774. The molecule has 3 aromatic rings. The number of rotatable bonds is 5. The van der Waals surface area contributed by atoms with Crippen molar-refractivity contribution in [2.45, 2.75) is 25.3 Å². The number of hydrogen-bond donors (Lipinski definition) is 1. The van der Waals surface area contributed by atoms with Crippen LogP contribution in [0, 0.1) is 13.8 Å². The molecule has 1 heterocycles. The summed E-state index contributed by atoms with van der Waals surface area (Å²) in [4.78, 5) is 0.278. The summed E-state index contributed by atoms with van der Waals surface area (Å²) in [7, 11) is -3.65.